The molecule has 7 nitrogen and oxygen atoms in total. The number of alkyl halides is 3. The van der Waals surface area contributed by atoms with Crippen LogP contribution in [-0.2, 0) is 10.3 Å². The normalized spacial score (nSPS) is 20.4. The molecule has 1 atom stereocenters. The molecule has 0 bridgehead atoms. The van der Waals surface area contributed by atoms with Gasteiger partial charge >= 0.3 is 12.1 Å². The zero-order valence-corrected chi connectivity index (χ0v) is 15.0. The quantitative estimate of drug-likeness (QED) is 0.810. The van der Waals surface area contributed by atoms with Gasteiger partial charge < -0.3 is 14.8 Å². The first-order valence-electron chi connectivity index (χ1n) is 8.71. The second kappa shape index (κ2) is 6.84. The fourth-order valence-corrected chi connectivity index (χ4v) is 3.23. The van der Waals surface area contributed by atoms with Crippen LogP contribution in [0, 0.1) is 0 Å². The molecule has 1 saturated carbocycles. The minimum absolute atomic E-state index is 0.261. The van der Waals surface area contributed by atoms with E-state index in [1.807, 2.05) is 24.3 Å². The minimum atomic E-state index is -4.64. The molecule has 1 aromatic heterocycles. The summed E-state index contributed by atoms with van der Waals surface area (Å²) in [6, 6.07) is 7.82. The van der Waals surface area contributed by atoms with Gasteiger partial charge in [-0.05, 0) is 37.0 Å². The van der Waals surface area contributed by atoms with Crippen LogP contribution in [0.25, 0.3) is 0 Å². The van der Waals surface area contributed by atoms with E-state index in [2.05, 4.69) is 25.8 Å². The van der Waals surface area contributed by atoms with Crippen molar-refractivity contribution >= 4 is 11.8 Å². The highest BCUT2D eigenvalue weighted by molar-refractivity contribution is 5.82. The Morgan fingerprint density at radius 1 is 1.18 bits per heavy atom. The van der Waals surface area contributed by atoms with Gasteiger partial charge in [-0.2, -0.15) is 13.2 Å². The molecule has 28 heavy (non-hydrogen) atoms. The first-order chi connectivity index (χ1) is 13.4. The Hall–Kier alpha value is -3.04. The third-order valence-corrected chi connectivity index (χ3v) is 4.93. The Balaban J connectivity index is 1.45. The van der Waals surface area contributed by atoms with Gasteiger partial charge in [-0.1, -0.05) is 12.1 Å². The van der Waals surface area contributed by atoms with Crippen molar-refractivity contribution < 1.29 is 22.6 Å². The van der Waals surface area contributed by atoms with Gasteiger partial charge in [-0.3, -0.25) is 5.43 Å². The number of aromatic nitrogens is 2. The molecular formula is C18H18F3N5O2. The van der Waals surface area contributed by atoms with Crippen molar-refractivity contribution in [2.75, 3.05) is 12.4 Å². The molecule has 10 heteroatoms. The van der Waals surface area contributed by atoms with Crippen LogP contribution in [0.3, 0.4) is 0 Å². The molecule has 1 aliphatic heterocycles. The highest BCUT2D eigenvalue weighted by Crippen LogP contribution is 2.44. The topological polar surface area (TPSA) is 80.7 Å². The van der Waals surface area contributed by atoms with Crippen molar-refractivity contribution in [2.24, 2.45) is 5.10 Å². The molecule has 4 rings (SSSR count). The summed E-state index contributed by atoms with van der Waals surface area (Å²) < 4.78 is 47.8. The summed E-state index contributed by atoms with van der Waals surface area (Å²) in [5.41, 5.74) is 3.48. The highest BCUT2D eigenvalue weighted by atomic mass is 19.4. The minimum Gasteiger partial charge on any atom is -0.497 e. The van der Waals surface area contributed by atoms with Crippen molar-refractivity contribution in [1.29, 1.82) is 0 Å². The second-order valence-electron chi connectivity index (χ2n) is 6.67. The van der Waals surface area contributed by atoms with Gasteiger partial charge in [0.05, 0.1) is 18.2 Å². The fourth-order valence-electron chi connectivity index (χ4n) is 3.23. The molecule has 1 unspecified atom stereocenters. The van der Waals surface area contributed by atoms with E-state index in [4.69, 9.17) is 9.47 Å². The number of rotatable bonds is 5. The lowest BCUT2D eigenvalue weighted by Gasteiger charge is -2.43. The lowest BCUT2D eigenvalue weighted by Crippen LogP contribution is -2.42. The van der Waals surface area contributed by atoms with Crippen molar-refractivity contribution in [3.05, 3.63) is 47.8 Å². The van der Waals surface area contributed by atoms with Crippen LogP contribution in [0.15, 0.2) is 41.8 Å². The first kappa shape index (κ1) is 18.3. The number of ether oxygens (including phenoxy) is 2. The van der Waals surface area contributed by atoms with Crippen LogP contribution in [-0.4, -0.2) is 29.2 Å². The number of nitrogens with zero attached hydrogens (tertiary/aromatic N) is 3. The molecule has 2 heterocycles. The molecule has 2 aromatic rings. The van der Waals surface area contributed by atoms with Gasteiger partial charge in [0.1, 0.15) is 5.75 Å². The highest BCUT2D eigenvalue weighted by Gasteiger charge is 2.43. The molecule has 2 N–H and O–H groups in total. The number of halogens is 3. The van der Waals surface area contributed by atoms with E-state index in [-0.39, 0.29) is 5.54 Å². The smallest absolute Gasteiger partial charge is 0.470 e. The zero-order chi connectivity index (χ0) is 19.8. The van der Waals surface area contributed by atoms with Crippen LogP contribution in [0.5, 0.6) is 5.75 Å². The second-order valence-corrected chi connectivity index (χ2v) is 6.67. The summed E-state index contributed by atoms with van der Waals surface area (Å²) in [6.07, 6.45) is 0.0731. The molecule has 2 aliphatic rings. The average molecular weight is 393 g/mol. The van der Waals surface area contributed by atoms with Crippen molar-refractivity contribution in [2.45, 2.75) is 37.2 Å². The Morgan fingerprint density at radius 2 is 1.86 bits per heavy atom. The van der Waals surface area contributed by atoms with Crippen molar-refractivity contribution in [1.82, 2.24) is 15.4 Å². The third-order valence-electron chi connectivity index (χ3n) is 4.93. The van der Waals surface area contributed by atoms with Gasteiger partial charge in [0.2, 0.25) is 12.2 Å². The van der Waals surface area contributed by atoms with E-state index in [9.17, 15) is 13.2 Å². The largest absolute Gasteiger partial charge is 0.497 e. The molecule has 0 spiro atoms. The number of hydrogen-bond acceptors (Lipinski definition) is 7. The SMILES string of the molecule is COc1ccc(C2(Nc3ncc(C4NN=C(C(F)(F)F)O4)cn3)CCC2)cc1. The van der Waals surface area contributed by atoms with Crippen molar-refractivity contribution in [3.63, 3.8) is 0 Å². The molecule has 0 radical (unpaired) electrons. The third kappa shape index (κ3) is 3.41. The van der Waals surface area contributed by atoms with E-state index in [0.717, 1.165) is 30.6 Å². The fraction of sp³-hybridized carbons (Fsp3) is 0.389. The lowest BCUT2D eigenvalue weighted by atomic mass is 9.72. The molecular weight excluding hydrogens is 375 g/mol. The first-order valence-corrected chi connectivity index (χ1v) is 8.71. The van der Waals surface area contributed by atoms with Crippen molar-refractivity contribution in [3.8, 4) is 5.75 Å². The molecule has 148 valence electrons. The van der Waals surface area contributed by atoms with E-state index in [1.54, 1.807) is 7.11 Å². The maximum atomic E-state index is 12.6. The zero-order valence-electron chi connectivity index (χ0n) is 15.0. The maximum Gasteiger partial charge on any atom is 0.470 e. The predicted molar refractivity (Wildman–Crippen MR) is 94.6 cm³/mol. The number of hydrazone groups is 1. The summed E-state index contributed by atoms with van der Waals surface area (Å²) in [5, 5.41) is 6.52. The van der Waals surface area contributed by atoms with Crippen LogP contribution in [0.2, 0.25) is 0 Å². The molecule has 1 aliphatic carbocycles. The van der Waals surface area contributed by atoms with E-state index in [0.29, 0.717) is 11.5 Å². The average Bonchev–Trinajstić information content (AvgIpc) is 3.16. The Labute approximate surface area is 159 Å². The van der Waals surface area contributed by atoms with E-state index in [1.165, 1.54) is 12.4 Å². The van der Waals surface area contributed by atoms with Crippen LogP contribution >= 0.6 is 0 Å². The maximum absolute atomic E-state index is 12.6. The van der Waals surface area contributed by atoms with Gasteiger partial charge in [-0.25, -0.2) is 9.97 Å². The monoisotopic (exact) mass is 393 g/mol. The van der Waals surface area contributed by atoms with Gasteiger partial charge in [0.15, 0.2) is 0 Å². The van der Waals surface area contributed by atoms with E-state index >= 15 is 0 Å². The number of hydrogen-bond donors (Lipinski definition) is 2. The number of methoxy groups -OCH3 is 1. The van der Waals surface area contributed by atoms with Crippen LogP contribution in [0.4, 0.5) is 19.1 Å². The summed E-state index contributed by atoms with van der Waals surface area (Å²) in [6.45, 7) is 0. The number of benzene rings is 1. The van der Waals surface area contributed by atoms with Gasteiger partial charge in [-0.15, -0.1) is 5.10 Å². The Kier molecular flexibility index (Phi) is 4.48. The molecule has 0 amide bonds. The Bertz CT molecular complexity index is 864. The summed E-state index contributed by atoms with van der Waals surface area (Å²) in [4.78, 5) is 8.47. The summed E-state index contributed by atoms with van der Waals surface area (Å²) in [7, 11) is 1.62. The van der Waals surface area contributed by atoms with Gasteiger partial charge in [0, 0.05) is 12.4 Å². The Morgan fingerprint density at radius 3 is 2.36 bits per heavy atom. The summed E-state index contributed by atoms with van der Waals surface area (Å²) in [5.74, 6) is -0.134. The van der Waals surface area contributed by atoms with E-state index < -0.39 is 18.3 Å². The summed E-state index contributed by atoms with van der Waals surface area (Å²) >= 11 is 0. The lowest BCUT2D eigenvalue weighted by molar-refractivity contribution is -0.0796. The molecule has 1 fully saturated rings. The van der Waals surface area contributed by atoms with Crippen LogP contribution < -0.4 is 15.5 Å². The predicted octanol–water partition coefficient (Wildman–Crippen LogP) is 3.47. The van der Waals surface area contributed by atoms with Gasteiger partial charge in [0.25, 0.3) is 0 Å². The van der Waals surface area contributed by atoms with Crippen LogP contribution in [0.1, 0.15) is 36.6 Å². The number of anilines is 1. The number of nitrogens with one attached hydrogen (secondary N) is 2. The molecule has 1 aromatic carbocycles. The standard InChI is InChI=1S/C18H18F3N5O2/c1-27-13-5-3-12(4-6-13)17(7-2-8-17)24-16-22-9-11(10-23-16)14-25-26-15(28-14)18(19,20)21/h3-6,9-10,14,25H,2,7-8H2,1H3,(H,22,23,24). The molecule has 0 saturated heterocycles.